The van der Waals surface area contributed by atoms with E-state index < -0.39 is 5.41 Å². The van der Waals surface area contributed by atoms with E-state index in [2.05, 4.69) is 0 Å². The molecule has 0 N–H and O–H groups in total. The van der Waals surface area contributed by atoms with Crippen LogP contribution in [-0.4, -0.2) is 67.3 Å². The first-order chi connectivity index (χ1) is 11.0. The van der Waals surface area contributed by atoms with Crippen LogP contribution in [0.1, 0.15) is 26.2 Å². The molecule has 2 saturated heterocycles. The standard InChI is InChI=1S/C15H23NO6S/c1-11(17)23-10-15(13(18)20-2)4-6-16(7-5-15)14(19)22-12-3-8-21-9-12/h12H,3-10H2,1-2H3/t12-/m0/s1. The lowest BCUT2D eigenvalue weighted by molar-refractivity contribution is -0.154. The summed E-state index contributed by atoms with van der Waals surface area (Å²) in [7, 11) is 1.35. The molecular formula is C15H23NO6S. The van der Waals surface area contributed by atoms with Crippen LogP contribution in [0.3, 0.4) is 0 Å². The van der Waals surface area contributed by atoms with Gasteiger partial charge in [0.05, 0.1) is 25.7 Å². The highest BCUT2D eigenvalue weighted by Gasteiger charge is 2.44. The predicted molar refractivity (Wildman–Crippen MR) is 84.1 cm³/mol. The van der Waals surface area contributed by atoms with Gasteiger partial charge in [0.2, 0.25) is 0 Å². The van der Waals surface area contributed by atoms with Crippen molar-refractivity contribution in [2.45, 2.75) is 32.3 Å². The molecule has 0 aromatic carbocycles. The maximum Gasteiger partial charge on any atom is 0.410 e. The van der Waals surface area contributed by atoms with E-state index in [4.69, 9.17) is 14.2 Å². The van der Waals surface area contributed by atoms with Gasteiger partial charge in [0.1, 0.15) is 6.10 Å². The minimum atomic E-state index is -0.710. The molecule has 7 nitrogen and oxygen atoms in total. The summed E-state index contributed by atoms with van der Waals surface area (Å²) in [6, 6.07) is 0. The molecule has 0 spiro atoms. The Morgan fingerprint density at radius 3 is 2.52 bits per heavy atom. The highest BCUT2D eigenvalue weighted by molar-refractivity contribution is 8.13. The molecule has 1 amide bonds. The maximum absolute atomic E-state index is 12.2. The van der Waals surface area contributed by atoms with Gasteiger partial charge in [0.25, 0.3) is 0 Å². The Kier molecular flexibility index (Phi) is 6.29. The number of rotatable bonds is 4. The monoisotopic (exact) mass is 345 g/mol. The Bertz CT molecular complexity index is 455. The van der Waals surface area contributed by atoms with Crippen molar-refractivity contribution in [3.63, 3.8) is 0 Å². The Morgan fingerprint density at radius 2 is 2.00 bits per heavy atom. The highest BCUT2D eigenvalue weighted by Crippen LogP contribution is 2.36. The van der Waals surface area contributed by atoms with Gasteiger partial charge in [0, 0.05) is 32.2 Å². The molecule has 2 heterocycles. The number of carbonyl (C=O) groups is 3. The molecule has 2 rings (SSSR count). The van der Waals surface area contributed by atoms with E-state index in [9.17, 15) is 14.4 Å². The fourth-order valence-electron chi connectivity index (χ4n) is 2.80. The van der Waals surface area contributed by atoms with Crippen molar-refractivity contribution in [3.8, 4) is 0 Å². The number of piperidine rings is 1. The summed E-state index contributed by atoms with van der Waals surface area (Å²) in [5.74, 6) is 0.0671. The van der Waals surface area contributed by atoms with Gasteiger partial charge in [-0.15, -0.1) is 0 Å². The van der Waals surface area contributed by atoms with E-state index in [1.807, 2.05) is 0 Å². The summed E-state index contributed by atoms with van der Waals surface area (Å²) in [4.78, 5) is 37.1. The van der Waals surface area contributed by atoms with Gasteiger partial charge in [0.15, 0.2) is 5.12 Å². The maximum atomic E-state index is 12.2. The lowest BCUT2D eigenvalue weighted by Crippen LogP contribution is -2.49. The fraction of sp³-hybridized carbons (Fsp3) is 0.800. The zero-order chi connectivity index (χ0) is 16.9. The highest BCUT2D eigenvalue weighted by atomic mass is 32.2. The van der Waals surface area contributed by atoms with Crippen molar-refractivity contribution in [3.05, 3.63) is 0 Å². The van der Waals surface area contributed by atoms with E-state index in [0.29, 0.717) is 44.9 Å². The van der Waals surface area contributed by atoms with Crippen LogP contribution in [0.4, 0.5) is 4.79 Å². The molecule has 2 fully saturated rings. The van der Waals surface area contributed by atoms with Crippen LogP contribution in [-0.2, 0) is 23.8 Å². The number of hydrogen-bond donors (Lipinski definition) is 0. The Hall–Kier alpha value is -1.28. The second kappa shape index (κ2) is 8.01. The number of amides is 1. The second-order valence-corrected chi connectivity index (χ2v) is 7.06. The largest absolute Gasteiger partial charge is 0.469 e. The third-order valence-corrected chi connectivity index (χ3v) is 5.41. The molecule has 0 aromatic rings. The molecule has 0 aliphatic carbocycles. The number of thioether (sulfide) groups is 1. The zero-order valence-corrected chi connectivity index (χ0v) is 14.4. The number of ether oxygens (including phenoxy) is 3. The minimum absolute atomic E-state index is 0.0312. The van der Waals surface area contributed by atoms with Crippen molar-refractivity contribution in [1.29, 1.82) is 0 Å². The van der Waals surface area contributed by atoms with Crippen LogP contribution in [0, 0.1) is 5.41 Å². The van der Waals surface area contributed by atoms with Gasteiger partial charge < -0.3 is 19.1 Å². The smallest absolute Gasteiger partial charge is 0.410 e. The van der Waals surface area contributed by atoms with Crippen LogP contribution in [0.25, 0.3) is 0 Å². The van der Waals surface area contributed by atoms with E-state index in [-0.39, 0.29) is 23.3 Å². The topological polar surface area (TPSA) is 82.1 Å². The number of carbonyl (C=O) groups excluding carboxylic acids is 3. The van der Waals surface area contributed by atoms with Gasteiger partial charge in [-0.1, -0.05) is 11.8 Å². The van der Waals surface area contributed by atoms with Gasteiger partial charge >= 0.3 is 12.1 Å². The quantitative estimate of drug-likeness (QED) is 0.713. The van der Waals surface area contributed by atoms with E-state index in [1.165, 1.54) is 14.0 Å². The van der Waals surface area contributed by atoms with Crippen molar-refractivity contribution in [1.82, 2.24) is 4.90 Å². The van der Waals surface area contributed by atoms with Gasteiger partial charge in [-0.2, -0.15) is 0 Å². The number of likely N-dealkylation sites (tertiary alicyclic amines) is 1. The molecule has 0 unspecified atom stereocenters. The van der Waals surface area contributed by atoms with Crippen molar-refractivity contribution >= 4 is 28.9 Å². The first-order valence-electron chi connectivity index (χ1n) is 7.72. The first kappa shape index (κ1) is 18.1. The number of esters is 1. The number of hydrogen-bond acceptors (Lipinski definition) is 7. The lowest BCUT2D eigenvalue weighted by Gasteiger charge is -2.39. The molecule has 8 heteroatoms. The molecule has 0 bridgehead atoms. The molecular weight excluding hydrogens is 322 g/mol. The molecule has 23 heavy (non-hydrogen) atoms. The fourth-order valence-corrected chi connectivity index (χ4v) is 3.69. The van der Waals surface area contributed by atoms with E-state index in [0.717, 1.165) is 18.2 Å². The predicted octanol–water partition coefficient (Wildman–Crippen LogP) is 1.45. The molecule has 0 aromatic heterocycles. The molecule has 1 atom stereocenters. The van der Waals surface area contributed by atoms with Crippen molar-refractivity contribution in [2.75, 3.05) is 39.2 Å². The summed E-state index contributed by atoms with van der Waals surface area (Å²) in [6.45, 7) is 3.37. The summed E-state index contributed by atoms with van der Waals surface area (Å²) in [5.41, 5.74) is -0.710. The Labute approximate surface area is 140 Å². The number of nitrogens with zero attached hydrogens (tertiary/aromatic N) is 1. The lowest BCUT2D eigenvalue weighted by atomic mass is 9.80. The average molecular weight is 345 g/mol. The third kappa shape index (κ3) is 4.60. The first-order valence-corrected chi connectivity index (χ1v) is 8.70. The SMILES string of the molecule is COC(=O)C1(CSC(C)=O)CCN(C(=O)O[C@H]2CCOC2)CC1. The summed E-state index contributed by atoms with van der Waals surface area (Å²) in [6.07, 6.45) is 1.12. The Balaban J connectivity index is 1.91. The van der Waals surface area contributed by atoms with Gasteiger partial charge in [-0.3, -0.25) is 9.59 Å². The van der Waals surface area contributed by atoms with Crippen LogP contribution in [0.15, 0.2) is 0 Å². The van der Waals surface area contributed by atoms with Crippen molar-refractivity contribution < 1.29 is 28.6 Å². The average Bonchev–Trinajstić information content (AvgIpc) is 3.05. The summed E-state index contributed by atoms with van der Waals surface area (Å²) in [5, 5.41) is -0.0312. The number of methoxy groups -OCH3 is 1. The van der Waals surface area contributed by atoms with Gasteiger partial charge in [-0.25, -0.2) is 4.79 Å². The normalized spacial score (nSPS) is 23.4. The Morgan fingerprint density at radius 1 is 1.30 bits per heavy atom. The van der Waals surface area contributed by atoms with Crippen LogP contribution < -0.4 is 0 Å². The summed E-state index contributed by atoms with van der Waals surface area (Å²) < 4.78 is 15.5. The second-order valence-electron chi connectivity index (χ2n) is 5.91. The van der Waals surface area contributed by atoms with Crippen LogP contribution in [0.2, 0.25) is 0 Å². The zero-order valence-electron chi connectivity index (χ0n) is 13.5. The van der Waals surface area contributed by atoms with Crippen LogP contribution in [0.5, 0.6) is 0 Å². The molecule has 0 saturated carbocycles. The molecule has 2 aliphatic heterocycles. The van der Waals surface area contributed by atoms with Gasteiger partial charge in [-0.05, 0) is 12.8 Å². The molecule has 2 aliphatic rings. The molecule has 0 radical (unpaired) electrons. The van der Waals surface area contributed by atoms with Crippen molar-refractivity contribution in [2.24, 2.45) is 5.41 Å². The summed E-state index contributed by atoms with van der Waals surface area (Å²) >= 11 is 1.13. The molecule has 130 valence electrons. The minimum Gasteiger partial charge on any atom is -0.469 e. The van der Waals surface area contributed by atoms with E-state index in [1.54, 1.807) is 4.90 Å². The van der Waals surface area contributed by atoms with Crippen LogP contribution >= 0.6 is 11.8 Å². The van der Waals surface area contributed by atoms with E-state index >= 15 is 0 Å². The third-order valence-electron chi connectivity index (χ3n) is 4.30.